The van der Waals surface area contributed by atoms with Gasteiger partial charge in [0.15, 0.2) is 0 Å². The summed E-state index contributed by atoms with van der Waals surface area (Å²) in [5, 5.41) is 5.20. The van der Waals surface area contributed by atoms with Gasteiger partial charge in [-0.15, -0.1) is 0 Å². The number of rotatable bonds is 4. The topological polar surface area (TPSA) is 38.1 Å². The second-order valence-electron chi connectivity index (χ2n) is 4.82. The van der Waals surface area contributed by atoms with Gasteiger partial charge in [0, 0.05) is 29.7 Å². The molecule has 1 N–H and O–H groups in total. The third-order valence-corrected chi connectivity index (χ3v) is 3.51. The maximum Gasteiger partial charge on any atom is 0.105 e. The predicted molar refractivity (Wildman–Crippen MR) is 82.2 cm³/mol. The Labute approximate surface area is 122 Å². The number of nitrogens with one attached hydrogen (secondary N) is 1. The summed E-state index contributed by atoms with van der Waals surface area (Å²) in [6.45, 7) is 2.12. The summed E-state index contributed by atoms with van der Waals surface area (Å²) in [4.78, 5) is 4.33. The standard InChI is InChI=1S/C16H15ClN2O/c1-11(10-12-4-3-9-20-12)19-15-7-6-14(17)16-13(15)5-2-8-18-16/h2-9,11,19H,10H2,1H3. The summed E-state index contributed by atoms with van der Waals surface area (Å²) in [5.41, 5.74) is 1.86. The van der Waals surface area contributed by atoms with Gasteiger partial charge in [-0.05, 0) is 43.3 Å². The van der Waals surface area contributed by atoms with E-state index >= 15 is 0 Å². The Kier molecular flexibility index (Phi) is 3.61. The Morgan fingerprint density at radius 3 is 2.95 bits per heavy atom. The van der Waals surface area contributed by atoms with E-state index in [1.807, 2.05) is 36.4 Å². The van der Waals surface area contributed by atoms with Crippen LogP contribution in [-0.4, -0.2) is 11.0 Å². The zero-order chi connectivity index (χ0) is 13.9. The highest BCUT2D eigenvalue weighted by Crippen LogP contribution is 2.28. The first-order chi connectivity index (χ1) is 9.74. The van der Waals surface area contributed by atoms with Crippen LogP contribution >= 0.6 is 11.6 Å². The highest BCUT2D eigenvalue weighted by molar-refractivity contribution is 6.35. The lowest BCUT2D eigenvalue weighted by atomic mass is 10.1. The molecule has 2 aromatic heterocycles. The van der Waals surface area contributed by atoms with Crippen molar-refractivity contribution in [1.29, 1.82) is 0 Å². The van der Waals surface area contributed by atoms with Crippen LogP contribution < -0.4 is 5.32 Å². The minimum absolute atomic E-state index is 0.255. The summed E-state index contributed by atoms with van der Waals surface area (Å²) >= 11 is 6.18. The van der Waals surface area contributed by atoms with Gasteiger partial charge in [-0.3, -0.25) is 4.98 Å². The molecule has 3 nitrogen and oxygen atoms in total. The van der Waals surface area contributed by atoms with E-state index in [1.165, 1.54) is 0 Å². The minimum Gasteiger partial charge on any atom is -0.469 e. The van der Waals surface area contributed by atoms with E-state index in [0.717, 1.165) is 28.8 Å². The molecular formula is C16H15ClN2O. The Balaban J connectivity index is 1.85. The zero-order valence-electron chi connectivity index (χ0n) is 11.1. The molecule has 0 saturated heterocycles. The van der Waals surface area contributed by atoms with Crippen LogP contribution in [0.5, 0.6) is 0 Å². The highest BCUT2D eigenvalue weighted by atomic mass is 35.5. The summed E-state index contributed by atoms with van der Waals surface area (Å²) in [6, 6.07) is 12.0. The van der Waals surface area contributed by atoms with Crippen LogP contribution in [0.15, 0.2) is 53.3 Å². The van der Waals surface area contributed by atoms with Gasteiger partial charge in [-0.25, -0.2) is 0 Å². The molecule has 0 spiro atoms. The van der Waals surface area contributed by atoms with Gasteiger partial charge in [-0.1, -0.05) is 11.6 Å². The summed E-state index contributed by atoms with van der Waals surface area (Å²) in [5.74, 6) is 0.974. The number of hydrogen-bond donors (Lipinski definition) is 1. The van der Waals surface area contributed by atoms with Crippen LogP contribution in [0.2, 0.25) is 5.02 Å². The molecule has 0 amide bonds. The molecule has 3 aromatic rings. The lowest BCUT2D eigenvalue weighted by Crippen LogP contribution is -2.18. The van der Waals surface area contributed by atoms with Crippen molar-refractivity contribution in [3.63, 3.8) is 0 Å². The Bertz CT molecular complexity index is 710. The van der Waals surface area contributed by atoms with Crippen molar-refractivity contribution < 1.29 is 4.42 Å². The van der Waals surface area contributed by atoms with E-state index in [9.17, 15) is 0 Å². The van der Waals surface area contributed by atoms with E-state index in [4.69, 9.17) is 16.0 Å². The molecular weight excluding hydrogens is 272 g/mol. The third kappa shape index (κ3) is 2.63. The molecule has 3 rings (SSSR count). The minimum atomic E-state index is 0.255. The number of hydrogen-bond acceptors (Lipinski definition) is 3. The van der Waals surface area contributed by atoms with Crippen LogP contribution in [-0.2, 0) is 6.42 Å². The number of furan rings is 1. The summed E-state index contributed by atoms with van der Waals surface area (Å²) < 4.78 is 5.37. The van der Waals surface area contributed by atoms with Crippen molar-refractivity contribution in [2.75, 3.05) is 5.32 Å². The maximum atomic E-state index is 6.18. The number of aromatic nitrogens is 1. The average molecular weight is 287 g/mol. The van der Waals surface area contributed by atoms with Crippen LogP contribution in [0, 0.1) is 0 Å². The molecule has 20 heavy (non-hydrogen) atoms. The molecule has 1 atom stereocenters. The fourth-order valence-electron chi connectivity index (χ4n) is 2.31. The number of anilines is 1. The van der Waals surface area contributed by atoms with E-state index in [-0.39, 0.29) is 6.04 Å². The zero-order valence-corrected chi connectivity index (χ0v) is 11.9. The van der Waals surface area contributed by atoms with E-state index in [0.29, 0.717) is 5.02 Å². The molecule has 2 heterocycles. The van der Waals surface area contributed by atoms with Crippen LogP contribution in [0.4, 0.5) is 5.69 Å². The normalized spacial score (nSPS) is 12.5. The second-order valence-corrected chi connectivity index (χ2v) is 5.23. The molecule has 0 aliphatic rings. The van der Waals surface area contributed by atoms with Gasteiger partial charge in [0.1, 0.15) is 5.76 Å². The number of fused-ring (bicyclic) bond motifs is 1. The molecule has 4 heteroatoms. The van der Waals surface area contributed by atoms with Crippen molar-refractivity contribution in [2.24, 2.45) is 0 Å². The first-order valence-electron chi connectivity index (χ1n) is 6.56. The quantitative estimate of drug-likeness (QED) is 0.766. The van der Waals surface area contributed by atoms with Crippen molar-refractivity contribution in [1.82, 2.24) is 4.98 Å². The smallest absolute Gasteiger partial charge is 0.105 e. The second kappa shape index (κ2) is 5.55. The third-order valence-electron chi connectivity index (χ3n) is 3.21. The van der Waals surface area contributed by atoms with Crippen molar-refractivity contribution in [3.8, 4) is 0 Å². The number of nitrogens with zero attached hydrogens (tertiary/aromatic N) is 1. The highest BCUT2D eigenvalue weighted by Gasteiger charge is 2.09. The fraction of sp³-hybridized carbons (Fsp3) is 0.188. The Morgan fingerprint density at radius 2 is 2.15 bits per heavy atom. The maximum absolute atomic E-state index is 6.18. The van der Waals surface area contributed by atoms with E-state index < -0.39 is 0 Å². The van der Waals surface area contributed by atoms with E-state index in [2.05, 4.69) is 17.2 Å². The monoisotopic (exact) mass is 286 g/mol. The molecule has 0 aliphatic carbocycles. The van der Waals surface area contributed by atoms with Crippen LogP contribution in [0.1, 0.15) is 12.7 Å². The van der Waals surface area contributed by atoms with Gasteiger partial charge in [-0.2, -0.15) is 0 Å². The van der Waals surface area contributed by atoms with Crippen LogP contribution in [0.3, 0.4) is 0 Å². The predicted octanol–water partition coefficient (Wildman–Crippen LogP) is 4.52. The first kappa shape index (κ1) is 13.0. The molecule has 0 saturated carbocycles. The number of benzene rings is 1. The largest absolute Gasteiger partial charge is 0.469 e. The molecule has 0 radical (unpaired) electrons. The Hall–Kier alpha value is -2.00. The summed E-state index contributed by atoms with van der Waals surface area (Å²) in [7, 11) is 0. The summed E-state index contributed by atoms with van der Waals surface area (Å²) in [6.07, 6.45) is 4.28. The molecule has 102 valence electrons. The number of pyridine rings is 1. The SMILES string of the molecule is CC(Cc1ccco1)Nc1ccc(Cl)c2ncccc12. The van der Waals surface area contributed by atoms with Crippen molar-refractivity contribution in [3.05, 3.63) is 59.6 Å². The first-order valence-corrected chi connectivity index (χ1v) is 6.94. The average Bonchev–Trinajstić information content (AvgIpc) is 2.95. The van der Waals surface area contributed by atoms with Gasteiger partial charge < -0.3 is 9.73 Å². The molecule has 0 aliphatic heterocycles. The molecule has 1 unspecified atom stereocenters. The fourth-order valence-corrected chi connectivity index (χ4v) is 2.52. The van der Waals surface area contributed by atoms with Gasteiger partial charge >= 0.3 is 0 Å². The Morgan fingerprint density at radius 1 is 1.25 bits per heavy atom. The number of halogens is 1. The van der Waals surface area contributed by atoms with Crippen molar-refractivity contribution in [2.45, 2.75) is 19.4 Å². The van der Waals surface area contributed by atoms with Crippen molar-refractivity contribution >= 4 is 28.2 Å². The lowest BCUT2D eigenvalue weighted by molar-refractivity contribution is 0.498. The van der Waals surface area contributed by atoms with Gasteiger partial charge in [0.25, 0.3) is 0 Å². The van der Waals surface area contributed by atoms with Gasteiger partial charge in [0.05, 0.1) is 16.8 Å². The lowest BCUT2D eigenvalue weighted by Gasteiger charge is -2.16. The van der Waals surface area contributed by atoms with Crippen LogP contribution in [0.25, 0.3) is 10.9 Å². The van der Waals surface area contributed by atoms with Gasteiger partial charge in [0.2, 0.25) is 0 Å². The molecule has 0 bridgehead atoms. The molecule has 1 aromatic carbocycles. The van der Waals surface area contributed by atoms with E-state index in [1.54, 1.807) is 12.5 Å². The molecule has 0 fully saturated rings.